The van der Waals surface area contributed by atoms with E-state index in [9.17, 15) is 13.2 Å². The second kappa shape index (κ2) is 9.87. The summed E-state index contributed by atoms with van der Waals surface area (Å²) in [5, 5.41) is 5.93. The Morgan fingerprint density at radius 2 is 1.62 bits per heavy atom. The SMILES string of the molecule is CCc1c(NCC(=O)Nc2cc(C)ccc2OC)cccc1S(=O)(=O)c1ccc(C)cc1. The molecule has 0 spiro atoms. The van der Waals surface area contributed by atoms with Gasteiger partial charge in [0.05, 0.1) is 29.1 Å². The number of amides is 1. The molecular formula is C25H28N2O4S. The van der Waals surface area contributed by atoms with Gasteiger partial charge < -0.3 is 15.4 Å². The molecule has 7 heteroatoms. The van der Waals surface area contributed by atoms with Gasteiger partial charge in [-0.15, -0.1) is 0 Å². The van der Waals surface area contributed by atoms with Crippen molar-refractivity contribution in [3.63, 3.8) is 0 Å². The normalized spacial score (nSPS) is 11.1. The van der Waals surface area contributed by atoms with E-state index in [1.165, 1.54) is 0 Å². The topological polar surface area (TPSA) is 84.5 Å². The number of aryl methyl sites for hydroxylation is 2. The van der Waals surface area contributed by atoms with Crippen molar-refractivity contribution in [1.29, 1.82) is 0 Å². The summed E-state index contributed by atoms with van der Waals surface area (Å²) in [5.41, 5.74) is 3.84. The van der Waals surface area contributed by atoms with Gasteiger partial charge in [-0.05, 0) is 67.8 Å². The largest absolute Gasteiger partial charge is 0.495 e. The Labute approximate surface area is 189 Å². The smallest absolute Gasteiger partial charge is 0.243 e. The first-order chi connectivity index (χ1) is 15.3. The van der Waals surface area contributed by atoms with Crippen molar-refractivity contribution < 1.29 is 17.9 Å². The van der Waals surface area contributed by atoms with Crippen molar-refractivity contribution >= 4 is 27.1 Å². The zero-order chi connectivity index (χ0) is 23.3. The van der Waals surface area contributed by atoms with Crippen LogP contribution in [-0.4, -0.2) is 28.0 Å². The van der Waals surface area contributed by atoms with Crippen LogP contribution in [0.3, 0.4) is 0 Å². The minimum Gasteiger partial charge on any atom is -0.495 e. The minimum atomic E-state index is -3.68. The summed E-state index contributed by atoms with van der Waals surface area (Å²) in [7, 11) is -2.13. The van der Waals surface area contributed by atoms with Gasteiger partial charge in [0.1, 0.15) is 5.75 Å². The average Bonchev–Trinajstić information content (AvgIpc) is 2.77. The van der Waals surface area contributed by atoms with Crippen LogP contribution in [0.5, 0.6) is 5.75 Å². The summed E-state index contributed by atoms with van der Waals surface area (Å²) < 4.78 is 31.8. The third-order valence-electron chi connectivity index (χ3n) is 5.18. The fraction of sp³-hybridized carbons (Fsp3) is 0.240. The molecule has 2 N–H and O–H groups in total. The van der Waals surface area contributed by atoms with Crippen molar-refractivity contribution in [2.75, 3.05) is 24.3 Å². The molecule has 1 amide bonds. The predicted octanol–water partition coefficient (Wildman–Crippen LogP) is 4.76. The molecule has 0 radical (unpaired) electrons. The van der Waals surface area contributed by atoms with Gasteiger partial charge in [-0.3, -0.25) is 4.79 Å². The van der Waals surface area contributed by atoms with Crippen LogP contribution in [0.2, 0.25) is 0 Å². The average molecular weight is 453 g/mol. The van der Waals surface area contributed by atoms with E-state index < -0.39 is 9.84 Å². The molecular weight excluding hydrogens is 424 g/mol. The highest BCUT2D eigenvalue weighted by atomic mass is 32.2. The summed E-state index contributed by atoms with van der Waals surface area (Å²) in [6, 6.07) is 17.4. The first-order valence-electron chi connectivity index (χ1n) is 10.4. The Morgan fingerprint density at radius 1 is 0.938 bits per heavy atom. The van der Waals surface area contributed by atoms with Gasteiger partial charge >= 0.3 is 0 Å². The number of ether oxygens (including phenoxy) is 1. The third-order valence-corrected chi connectivity index (χ3v) is 7.03. The van der Waals surface area contributed by atoms with Crippen LogP contribution in [0, 0.1) is 13.8 Å². The monoisotopic (exact) mass is 452 g/mol. The molecule has 3 aromatic carbocycles. The van der Waals surface area contributed by atoms with Gasteiger partial charge in [0.15, 0.2) is 0 Å². The number of benzene rings is 3. The Balaban J connectivity index is 1.82. The van der Waals surface area contributed by atoms with E-state index in [-0.39, 0.29) is 22.2 Å². The number of hydrogen-bond acceptors (Lipinski definition) is 5. The summed E-state index contributed by atoms with van der Waals surface area (Å²) in [4.78, 5) is 13.0. The number of sulfone groups is 1. The molecule has 3 rings (SSSR count). The molecule has 0 heterocycles. The van der Waals surface area contributed by atoms with E-state index >= 15 is 0 Å². The van der Waals surface area contributed by atoms with Crippen LogP contribution in [0.4, 0.5) is 11.4 Å². The molecule has 0 saturated heterocycles. The molecule has 0 aliphatic rings. The quantitative estimate of drug-likeness (QED) is 0.515. The van der Waals surface area contributed by atoms with Crippen LogP contribution in [0.1, 0.15) is 23.6 Å². The highest BCUT2D eigenvalue weighted by molar-refractivity contribution is 7.91. The minimum absolute atomic E-state index is 0.0157. The van der Waals surface area contributed by atoms with Crippen LogP contribution in [-0.2, 0) is 21.1 Å². The van der Waals surface area contributed by atoms with E-state index in [0.717, 1.165) is 11.1 Å². The van der Waals surface area contributed by atoms with Gasteiger partial charge in [0.25, 0.3) is 0 Å². The molecule has 0 fully saturated rings. The molecule has 0 atom stereocenters. The maximum absolute atomic E-state index is 13.2. The second-order valence-corrected chi connectivity index (χ2v) is 9.48. The standard InChI is InChI=1S/C25H28N2O4S/c1-5-20-21(26-16-25(28)27-22-15-18(3)11-14-23(22)31-4)7-6-8-24(20)32(29,30)19-12-9-17(2)10-13-19/h6-15,26H,5,16H2,1-4H3,(H,27,28). The lowest BCUT2D eigenvalue weighted by molar-refractivity contribution is -0.114. The Morgan fingerprint density at radius 3 is 2.28 bits per heavy atom. The Bertz CT molecular complexity index is 1220. The molecule has 0 saturated carbocycles. The van der Waals surface area contributed by atoms with Crippen LogP contribution >= 0.6 is 0 Å². The molecule has 6 nitrogen and oxygen atoms in total. The van der Waals surface area contributed by atoms with Gasteiger partial charge in [-0.2, -0.15) is 0 Å². The maximum atomic E-state index is 13.2. The summed E-state index contributed by atoms with van der Waals surface area (Å²) in [5.74, 6) is 0.312. The van der Waals surface area contributed by atoms with E-state index in [2.05, 4.69) is 10.6 Å². The van der Waals surface area contributed by atoms with Gasteiger partial charge in [-0.1, -0.05) is 36.8 Å². The lowest BCUT2D eigenvalue weighted by atomic mass is 10.1. The highest BCUT2D eigenvalue weighted by Gasteiger charge is 2.22. The van der Waals surface area contributed by atoms with Gasteiger partial charge in [0, 0.05) is 5.69 Å². The molecule has 0 aliphatic heterocycles. The van der Waals surface area contributed by atoms with Gasteiger partial charge in [-0.25, -0.2) is 8.42 Å². The summed E-state index contributed by atoms with van der Waals surface area (Å²) in [6.45, 7) is 5.72. The molecule has 0 aromatic heterocycles. The number of methoxy groups -OCH3 is 1. The first kappa shape index (κ1) is 23.3. The number of hydrogen-bond donors (Lipinski definition) is 2. The second-order valence-electron chi connectivity index (χ2n) is 7.56. The number of nitrogens with one attached hydrogen (secondary N) is 2. The molecule has 0 aliphatic carbocycles. The van der Waals surface area contributed by atoms with Crippen LogP contribution in [0.15, 0.2) is 70.5 Å². The van der Waals surface area contributed by atoms with Crippen molar-refractivity contribution in [2.45, 2.75) is 37.0 Å². The van der Waals surface area contributed by atoms with Gasteiger partial charge in [0.2, 0.25) is 15.7 Å². The molecule has 0 unspecified atom stereocenters. The highest BCUT2D eigenvalue weighted by Crippen LogP contribution is 2.30. The Kier molecular flexibility index (Phi) is 7.20. The van der Waals surface area contributed by atoms with E-state index in [4.69, 9.17) is 4.74 Å². The fourth-order valence-electron chi connectivity index (χ4n) is 3.48. The number of carbonyl (C=O) groups excluding carboxylic acids is 1. The van der Waals surface area contributed by atoms with E-state index in [0.29, 0.717) is 29.1 Å². The Hall–Kier alpha value is -3.32. The van der Waals surface area contributed by atoms with Crippen molar-refractivity contribution in [2.24, 2.45) is 0 Å². The first-order valence-corrected chi connectivity index (χ1v) is 11.9. The van der Waals surface area contributed by atoms with Crippen LogP contribution in [0.25, 0.3) is 0 Å². The van der Waals surface area contributed by atoms with E-state index in [1.807, 2.05) is 32.9 Å². The lowest BCUT2D eigenvalue weighted by Crippen LogP contribution is -2.23. The molecule has 168 valence electrons. The zero-order valence-electron chi connectivity index (χ0n) is 18.7. The van der Waals surface area contributed by atoms with Crippen molar-refractivity contribution in [3.8, 4) is 5.75 Å². The lowest BCUT2D eigenvalue weighted by Gasteiger charge is -2.16. The van der Waals surface area contributed by atoms with Crippen molar-refractivity contribution in [1.82, 2.24) is 0 Å². The third kappa shape index (κ3) is 5.11. The van der Waals surface area contributed by atoms with Crippen molar-refractivity contribution in [3.05, 3.63) is 77.4 Å². The van der Waals surface area contributed by atoms with E-state index in [1.54, 1.807) is 55.6 Å². The van der Waals surface area contributed by atoms with Crippen LogP contribution < -0.4 is 15.4 Å². The fourth-order valence-corrected chi connectivity index (χ4v) is 5.07. The number of rotatable bonds is 8. The zero-order valence-corrected chi connectivity index (χ0v) is 19.5. The molecule has 32 heavy (non-hydrogen) atoms. The number of anilines is 2. The summed E-state index contributed by atoms with van der Waals surface area (Å²) in [6.07, 6.45) is 0.497. The molecule has 3 aromatic rings. The summed E-state index contributed by atoms with van der Waals surface area (Å²) >= 11 is 0. The molecule has 0 bridgehead atoms. The predicted molar refractivity (Wildman–Crippen MR) is 127 cm³/mol. The maximum Gasteiger partial charge on any atom is 0.243 e. The number of carbonyl (C=O) groups is 1.